The van der Waals surface area contributed by atoms with Crippen LogP contribution in [0.1, 0.15) is 36.0 Å². The van der Waals surface area contributed by atoms with Crippen LogP contribution in [0.3, 0.4) is 0 Å². The molecule has 1 aliphatic rings. The van der Waals surface area contributed by atoms with E-state index in [1.165, 1.54) is 18.5 Å². The molecule has 2 N–H and O–H groups in total. The molecule has 1 saturated heterocycles. The Bertz CT molecular complexity index is 544. The zero-order valence-electron chi connectivity index (χ0n) is 11.2. The first-order chi connectivity index (χ1) is 9.58. The Hall–Kier alpha value is -2.11. The molecule has 0 bridgehead atoms. The summed E-state index contributed by atoms with van der Waals surface area (Å²) in [5.41, 5.74) is -0.113. The van der Waals surface area contributed by atoms with Gasteiger partial charge in [-0.25, -0.2) is 0 Å². The molecule has 1 aliphatic heterocycles. The maximum absolute atomic E-state index is 12.2. The van der Waals surface area contributed by atoms with E-state index in [9.17, 15) is 14.4 Å². The molecule has 0 atom stereocenters. The van der Waals surface area contributed by atoms with Crippen LogP contribution in [-0.4, -0.2) is 40.0 Å². The Kier molecular flexibility index (Phi) is 4.55. The third kappa shape index (κ3) is 3.46. The Morgan fingerprint density at radius 2 is 2.05 bits per heavy atom. The summed E-state index contributed by atoms with van der Waals surface area (Å²) in [4.78, 5) is 38.8. The van der Waals surface area contributed by atoms with E-state index in [2.05, 4.69) is 4.98 Å². The topological polar surface area (TPSA) is 90.5 Å². The van der Waals surface area contributed by atoms with Crippen molar-refractivity contribution in [1.29, 1.82) is 0 Å². The minimum atomic E-state index is -0.778. The van der Waals surface area contributed by atoms with Gasteiger partial charge in [0.05, 0.1) is 0 Å². The fraction of sp³-hybridized carbons (Fsp3) is 0.500. The van der Waals surface area contributed by atoms with Crippen LogP contribution in [0.25, 0.3) is 0 Å². The van der Waals surface area contributed by atoms with Gasteiger partial charge in [-0.1, -0.05) is 0 Å². The normalized spacial score (nSPS) is 16.1. The van der Waals surface area contributed by atoms with Crippen molar-refractivity contribution in [1.82, 2.24) is 9.88 Å². The Balaban J connectivity index is 1.91. The summed E-state index contributed by atoms with van der Waals surface area (Å²) in [7, 11) is 0. The number of pyridine rings is 1. The van der Waals surface area contributed by atoms with Crippen LogP contribution in [0.15, 0.2) is 23.3 Å². The molecular weight excluding hydrogens is 260 g/mol. The zero-order chi connectivity index (χ0) is 14.5. The molecule has 6 heteroatoms. The lowest BCUT2D eigenvalue weighted by Gasteiger charge is -2.31. The number of H-pyrrole nitrogens is 1. The third-order valence-electron chi connectivity index (χ3n) is 3.72. The van der Waals surface area contributed by atoms with Crippen LogP contribution >= 0.6 is 0 Å². The molecule has 1 amide bonds. The number of carboxylic acids is 1. The van der Waals surface area contributed by atoms with Crippen molar-refractivity contribution in [3.63, 3.8) is 0 Å². The van der Waals surface area contributed by atoms with Crippen LogP contribution in [0, 0.1) is 5.92 Å². The molecule has 2 rings (SSSR count). The number of likely N-dealkylation sites (tertiary alicyclic amines) is 1. The molecular formula is C14H18N2O4. The SMILES string of the molecule is O=C(O)CCC1CCN(C(=O)c2c[nH]ccc2=O)CC1. The van der Waals surface area contributed by atoms with Gasteiger partial charge in [-0.15, -0.1) is 0 Å². The fourth-order valence-electron chi connectivity index (χ4n) is 2.51. The Morgan fingerprint density at radius 1 is 1.35 bits per heavy atom. The number of hydrogen-bond acceptors (Lipinski definition) is 3. The third-order valence-corrected chi connectivity index (χ3v) is 3.72. The predicted octanol–water partition coefficient (Wildman–Crippen LogP) is 1.09. The van der Waals surface area contributed by atoms with E-state index >= 15 is 0 Å². The molecule has 1 fully saturated rings. The second kappa shape index (κ2) is 6.36. The molecule has 1 aromatic heterocycles. The highest BCUT2D eigenvalue weighted by molar-refractivity contribution is 5.93. The van der Waals surface area contributed by atoms with Crippen molar-refractivity contribution in [2.24, 2.45) is 5.92 Å². The summed E-state index contributed by atoms with van der Waals surface area (Å²) in [6.07, 6.45) is 5.35. The second-order valence-corrected chi connectivity index (χ2v) is 5.09. The van der Waals surface area contributed by atoms with Gasteiger partial charge in [0.2, 0.25) is 0 Å². The molecule has 0 unspecified atom stereocenters. The molecule has 6 nitrogen and oxygen atoms in total. The largest absolute Gasteiger partial charge is 0.481 e. The molecule has 0 aromatic carbocycles. The van der Waals surface area contributed by atoms with Crippen molar-refractivity contribution in [2.75, 3.05) is 13.1 Å². The van der Waals surface area contributed by atoms with E-state index in [-0.39, 0.29) is 23.3 Å². The van der Waals surface area contributed by atoms with Crippen molar-refractivity contribution in [3.8, 4) is 0 Å². The number of aromatic nitrogens is 1. The standard InChI is InChI=1S/C14H18N2O4/c17-12-3-6-15-9-11(12)14(20)16-7-4-10(5-8-16)1-2-13(18)19/h3,6,9-10H,1-2,4-5,7-8H2,(H,15,17)(H,18,19). The van der Waals surface area contributed by atoms with Crippen LogP contribution in [0.2, 0.25) is 0 Å². The quantitative estimate of drug-likeness (QED) is 0.862. The Morgan fingerprint density at radius 3 is 2.65 bits per heavy atom. The van der Waals surface area contributed by atoms with Crippen molar-refractivity contribution < 1.29 is 14.7 Å². The Labute approximate surface area is 116 Å². The van der Waals surface area contributed by atoms with Crippen molar-refractivity contribution >= 4 is 11.9 Å². The molecule has 108 valence electrons. The molecule has 1 aromatic rings. The van der Waals surface area contributed by atoms with Gasteiger partial charge in [-0.05, 0) is 25.2 Å². The minimum Gasteiger partial charge on any atom is -0.481 e. The number of nitrogens with one attached hydrogen (secondary N) is 1. The van der Waals surface area contributed by atoms with Crippen LogP contribution < -0.4 is 5.43 Å². The summed E-state index contributed by atoms with van der Waals surface area (Å²) >= 11 is 0. The van der Waals surface area contributed by atoms with E-state index in [4.69, 9.17) is 5.11 Å². The van der Waals surface area contributed by atoms with Crippen molar-refractivity contribution in [3.05, 3.63) is 34.2 Å². The number of carbonyl (C=O) groups excluding carboxylic acids is 1. The van der Waals surface area contributed by atoms with E-state index < -0.39 is 5.97 Å². The van der Waals surface area contributed by atoms with Crippen LogP contribution in [0.4, 0.5) is 0 Å². The van der Waals surface area contributed by atoms with Gasteiger partial charge >= 0.3 is 5.97 Å². The lowest BCUT2D eigenvalue weighted by atomic mass is 9.92. The van der Waals surface area contributed by atoms with E-state index in [0.717, 1.165) is 12.8 Å². The van der Waals surface area contributed by atoms with Gasteiger partial charge in [0.15, 0.2) is 5.43 Å². The lowest BCUT2D eigenvalue weighted by Crippen LogP contribution is -2.40. The average Bonchev–Trinajstić information content (AvgIpc) is 2.45. The van der Waals surface area contributed by atoms with E-state index in [0.29, 0.717) is 25.4 Å². The van der Waals surface area contributed by atoms with E-state index in [1.807, 2.05) is 0 Å². The number of amides is 1. The average molecular weight is 278 g/mol. The summed E-state index contributed by atoms with van der Waals surface area (Å²) < 4.78 is 0. The molecule has 2 heterocycles. The summed E-state index contributed by atoms with van der Waals surface area (Å²) in [5, 5.41) is 8.66. The monoisotopic (exact) mass is 278 g/mol. The minimum absolute atomic E-state index is 0.163. The number of piperidine rings is 1. The molecule has 0 saturated carbocycles. The predicted molar refractivity (Wildman–Crippen MR) is 72.6 cm³/mol. The van der Waals surface area contributed by atoms with Gasteiger partial charge in [0.25, 0.3) is 5.91 Å². The number of aromatic amines is 1. The maximum atomic E-state index is 12.2. The van der Waals surface area contributed by atoms with Gasteiger partial charge < -0.3 is 15.0 Å². The van der Waals surface area contributed by atoms with Crippen LogP contribution in [-0.2, 0) is 4.79 Å². The number of carbonyl (C=O) groups is 2. The van der Waals surface area contributed by atoms with Gasteiger partial charge in [0, 0.05) is 38.0 Å². The number of rotatable bonds is 4. The van der Waals surface area contributed by atoms with Crippen molar-refractivity contribution in [2.45, 2.75) is 25.7 Å². The van der Waals surface area contributed by atoms with Gasteiger partial charge in [0.1, 0.15) is 5.56 Å². The van der Waals surface area contributed by atoms with Crippen LogP contribution in [0.5, 0.6) is 0 Å². The molecule has 0 spiro atoms. The lowest BCUT2D eigenvalue weighted by molar-refractivity contribution is -0.137. The number of nitrogens with zero attached hydrogens (tertiary/aromatic N) is 1. The summed E-state index contributed by atoms with van der Waals surface area (Å²) in [6.45, 7) is 1.16. The molecule has 0 radical (unpaired) electrons. The fourth-order valence-corrected chi connectivity index (χ4v) is 2.51. The molecule has 0 aliphatic carbocycles. The summed E-state index contributed by atoms with van der Waals surface area (Å²) in [5.74, 6) is -0.674. The number of aliphatic carboxylic acids is 1. The highest BCUT2D eigenvalue weighted by Crippen LogP contribution is 2.22. The second-order valence-electron chi connectivity index (χ2n) is 5.09. The van der Waals surface area contributed by atoms with Gasteiger partial charge in [-0.2, -0.15) is 0 Å². The highest BCUT2D eigenvalue weighted by Gasteiger charge is 2.25. The summed E-state index contributed by atoms with van der Waals surface area (Å²) in [6, 6.07) is 1.34. The number of carboxylic acid groups (broad SMARTS) is 1. The van der Waals surface area contributed by atoms with E-state index in [1.54, 1.807) is 4.90 Å². The zero-order valence-corrected chi connectivity index (χ0v) is 11.2. The maximum Gasteiger partial charge on any atom is 0.303 e. The smallest absolute Gasteiger partial charge is 0.303 e. The highest BCUT2D eigenvalue weighted by atomic mass is 16.4. The first-order valence-corrected chi connectivity index (χ1v) is 6.76. The first kappa shape index (κ1) is 14.3. The van der Waals surface area contributed by atoms with Gasteiger partial charge in [-0.3, -0.25) is 14.4 Å². The first-order valence-electron chi connectivity index (χ1n) is 6.76. The molecule has 20 heavy (non-hydrogen) atoms. The number of hydrogen-bond donors (Lipinski definition) is 2.